The average molecular weight is 436 g/mol. The van der Waals surface area contributed by atoms with Crippen LogP contribution in [0.3, 0.4) is 0 Å². The molecule has 1 amide bonds. The second kappa shape index (κ2) is 8.40. The molecule has 9 heteroatoms. The van der Waals surface area contributed by atoms with Gasteiger partial charge in [-0.25, -0.2) is 4.79 Å². The van der Waals surface area contributed by atoms with Crippen LogP contribution in [0, 0.1) is 5.92 Å². The molecule has 3 atom stereocenters. The number of fused-ring (bicyclic) bond motifs is 1. The van der Waals surface area contributed by atoms with Gasteiger partial charge in [0.05, 0.1) is 18.7 Å². The minimum atomic E-state index is -0.932. The van der Waals surface area contributed by atoms with Crippen molar-refractivity contribution in [3.8, 4) is 0 Å². The van der Waals surface area contributed by atoms with Crippen molar-refractivity contribution in [2.24, 2.45) is 15.9 Å². The first-order valence-corrected chi connectivity index (χ1v) is 12.0. The van der Waals surface area contributed by atoms with Crippen molar-refractivity contribution in [1.29, 1.82) is 0 Å². The SMILES string of the molecule is CCN1CCN=C1CCC1CCN(C=NC2C(=O)N3C2SC(C)(C)[C@@H]3C(=O)O)CC1. The van der Waals surface area contributed by atoms with Crippen LogP contribution in [0.15, 0.2) is 9.98 Å². The summed E-state index contributed by atoms with van der Waals surface area (Å²) in [6, 6.07) is -1.22. The molecule has 3 saturated heterocycles. The first-order chi connectivity index (χ1) is 14.3. The number of nitrogens with zero attached hydrogens (tertiary/aromatic N) is 5. The summed E-state index contributed by atoms with van der Waals surface area (Å²) >= 11 is 1.55. The molecule has 0 aromatic rings. The van der Waals surface area contributed by atoms with E-state index in [1.165, 1.54) is 17.2 Å². The van der Waals surface area contributed by atoms with Crippen molar-refractivity contribution in [2.45, 2.75) is 68.7 Å². The van der Waals surface area contributed by atoms with Crippen LogP contribution in [-0.2, 0) is 9.59 Å². The lowest BCUT2D eigenvalue weighted by atomic mass is 9.92. The lowest BCUT2D eigenvalue weighted by molar-refractivity contribution is -0.158. The van der Waals surface area contributed by atoms with Gasteiger partial charge >= 0.3 is 5.97 Å². The standard InChI is InChI=1S/C21H33N5O3S/c1-4-25-12-9-22-15(25)6-5-14-7-10-24(11-8-14)13-23-16-18(27)26-17(20(28)29)21(2,3)30-19(16)26/h13-14,16-17,19H,4-12H2,1-3H3,(H,28,29)/t16?,17-,19?/m0/s1. The Hall–Kier alpha value is -1.77. The van der Waals surface area contributed by atoms with Crippen LogP contribution in [0.1, 0.15) is 46.5 Å². The Bertz CT molecular complexity index is 747. The summed E-state index contributed by atoms with van der Waals surface area (Å²) in [4.78, 5) is 39.4. The number of carbonyl (C=O) groups is 2. The van der Waals surface area contributed by atoms with Gasteiger partial charge in [0.1, 0.15) is 11.4 Å². The fourth-order valence-electron chi connectivity index (χ4n) is 5.09. The normalized spacial score (nSPS) is 31.3. The summed E-state index contributed by atoms with van der Waals surface area (Å²) in [5, 5.41) is 9.35. The number of amides is 1. The zero-order valence-electron chi connectivity index (χ0n) is 18.2. The summed E-state index contributed by atoms with van der Waals surface area (Å²) in [7, 11) is 0. The highest BCUT2D eigenvalue weighted by Crippen LogP contribution is 2.51. The molecule has 0 aromatic heterocycles. The van der Waals surface area contributed by atoms with Crippen LogP contribution in [0.5, 0.6) is 0 Å². The van der Waals surface area contributed by atoms with E-state index < -0.39 is 22.8 Å². The smallest absolute Gasteiger partial charge is 0.327 e. The molecule has 0 saturated carbocycles. The van der Waals surface area contributed by atoms with Crippen molar-refractivity contribution in [3.63, 3.8) is 0 Å². The molecule has 4 heterocycles. The van der Waals surface area contributed by atoms with Gasteiger partial charge in [0.15, 0.2) is 6.04 Å². The quantitative estimate of drug-likeness (QED) is 0.372. The Labute approximate surface area is 182 Å². The van der Waals surface area contributed by atoms with Crippen LogP contribution in [0.2, 0.25) is 0 Å². The first-order valence-electron chi connectivity index (χ1n) is 11.1. The fourth-order valence-corrected chi connectivity index (χ4v) is 6.71. The first kappa shape index (κ1) is 21.5. The van der Waals surface area contributed by atoms with Gasteiger partial charge in [-0.2, -0.15) is 0 Å². The van der Waals surface area contributed by atoms with E-state index in [4.69, 9.17) is 0 Å². The third-order valence-electron chi connectivity index (χ3n) is 6.87. The number of hydrogen-bond acceptors (Lipinski definition) is 6. The molecule has 4 rings (SSSR count). The van der Waals surface area contributed by atoms with Crippen LogP contribution in [-0.4, -0.2) is 98.8 Å². The molecule has 3 fully saturated rings. The van der Waals surface area contributed by atoms with Crippen LogP contribution in [0.25, 0.3) is 0 Å². The van der Waals surface area contributed by atoms with E-state index in [-0.39, 0.29) is 11.3 Å². The number of thioether (sulfide) groups is 1. The molecular weight excluding hydrogens is 402 g/mol. The zero-order chi connectivity index (χ0) is 21.5. The fraction of sp³-hybridized carbons (Fsp3) is 0.810. The van der Waals surface area contributed by atoms with E-state index in [1.807, 2.05) is 20.2 Å². The second-order valence-electron chi connectivity index (χ2n) is 9.20. The number of likely N-dealkylation sites (N-methyl/N-ethyl adjacent to an activating group) is 1. The highest BCUT2D eigenvalue weighted by molar-refractivity contribution is 8.01. The average Bonchev–Trinajstić information content (AvgIpc) is 3.27. The Kier molecular flexibility index (Phi) is 6.01. The van der Waals surface area contributed by atoms with Crippen molar-refractivity contribution in [2.75, 3.05) is 32.7 Å². The van der Waals surface area contributed by atoms with E-state index in [1.54, 1.807) is 11.8 Å². The predicted molar refractivity (Wildman–Crippen MR) is 119 cm³/mol. The number of piperidine rings is 1. The minimum absolute atomic E-state index is 0.156. The van der Waals surface area contributed by atoms with E-state index in [0.29, 0.717) is 0 Å². The topological polar surface area (TPSA) is 88.8 Å². The number of hydrogen-bond donors (Lipinski definition) is 1. The van der Waals surface area contributed by atoms with Gasteiger partial charge in [-0.1, -0.05) is 0 Å². The minimum Gasteiger partial charge on any atom is -0.480 e. The Morgan fingerprint density at radius 2 is 2.07 bits per heavy atom. The molecule has 30 heavy (non-hydrogen) atoms. The van der Waals surface area contributed by atoms with Gasteiger partial charge in [0.25, 0.3) is 5.91 Å². The molecule has 1 N–H and O–H groups in total. The summed E-state index contributed by atoms with van der Waals surface area (Å²) in [6.45, 7) is 11.0. The van der Waals surface area contributed by atoms with Crippen molar-refractivity contribution < 1.29 is 14.7 Å². The Morgan fingerprint density at radius 3 is 2.73 bits per heavy atom. The summed E-state index contributed by atoms with van der Waals surface area (Å²) in [5.41, 5.74) is 0. The number of amidine groups is 1. The third-order valence-corrected chi connectivity index (χ3v) is 8.43. The molecule has 4 aliphatic rings. The number of carbonyl (C=O) groups excluding carboxylic acids is 1. The Balaban J connectivity index is 1.24. The van der Waals surface area contributed by atoms with E-state index in [2.05, 4.69) is 26.7 Å². The molecule has 0 bridgehead atoms. The molecular formula is C21H33N5O3S. The Morgan fingerprint density at radius 1 is 1.33 bits per heavy atom. The molecule has 4 aliphatic heterocycles. The van der Waals surface area contributed by atoms with Gasteiger partial charge in [0, 0.05) is 37.3 Å². The van der Waals surface area contributed by atoms with E-state index in [0.717, 1.165) is 57.9 Å². The van der Waals surface area contributed by atoms with Crippen molar-refractivity contribution >= 4 is 35.8 Å². The molecule has 166 valence electrons. The number of β-lactam (4-membered cyclic amide) rings is 1. The maximum atomic E-state index is 12.5. The van der Waals surface area contributed by atoms with Crippen LogP contribution < -0.4 is 0 Å². The van der Waals surface area contributed by atoms with Crippen LogP contribution >= 0.6 is 11.8 Å². The maximum Gasteiger partial charge on any atom is 0.327 e. The molecule has 2 unspecified atom stereocenters. The third kappa shape index (κ3) is 3.92. The van der Waals surface area contributed by atoms with Gasteiger partial charge in [-0.15, -0.1) is 11.8 Å². The zero-order valence-corrected chi connectivity index (χ0v) is 19.0. The lowest BCUT2D eigenvalue weighted by Crippen LogP contribution is -2.65. The number of aliphatic carboxylic acids is 1. The molecule has 0 aromatic carbocycles. The lowest BCUT2D eigenvalue weighted by Gasteiger charge is -2.41. The highest BCUT2D eigenvalue weighted by Gasteiger charge is 2.63. The maximum absolute atomic E-state index is 12.5. The molecule has 0 spiro atoms. The number of carboxylic acids is 1. The van der Waals surface area contributed by atoms with Crippen molar-refractivity contribution in [3.05, 3.63) is 0 Å². The van der Waals surface area contributed by atoms with Crippen molar-refractivity contribution in [1.82, 2.24) is 14.7 Å². The monoisotopic (exact) mass is 435 g/mol. The molecule has 0 radical (unpaired) electrons. The molecule has 8 nitrogen and oxygen atoms in total. The predicted octanol–water partition coefficient (Wildman–Crippen LogP) is 1.76. The van der Waals surface area contributed by atoms with E-state index in [9.17, 15) is 14.7 Å². The summed E-state index contributed by atoms with van der Waals surface area (Å²) < 4.78 is -0.494. The van der Waals surface area contributed by atoms with Gasteiger partial charge in [0.2, 0.25) is 0 Å². The van der Waals surface area contributed by atoms with Gasteiger partial charge < -0.3 is 19.8 Å². The summed E-state index contributed by atoms with van der Waals surface area (Å²) in [5.74, 6) is 0.916. The number of rotatable bonds is 7. The number of carboxylic acid groups (broad SMARTS) is 1. The largest absolute Gasteiger partial charge is 0.480 e. The number of aliphatic imine (C=N–C) groups is 2. The summed E-state index contributed by atoms with van der Waals surface area (Å²) in [6.07, 6.45) is 6.39. The van der Waals surface area contributed by atoms with Crippen LogP contribution in [0.4, 0.5) is 0 Å². The van der Waals surface area contributed by atoms with E-state index >= 15 is 0 Å². The second-order valence-corrected chi connectivity index (χ2v) is 11.0. The number of likely N-dealkylation sites (tertiary alicyclic amines) is 1. The van der Waals surface area contributed by atoms with Gasteiger partial charge in [-0.05, 0) is 46.0 Å². The highest BCUT2D eigenvalue weighted by atomic mass is 32.2. The molecule has 0 aliphatic carbocycles. The van der Waals surface area contributed by atoms with Gasteiger partial charge in [-0.3, -0.25) is 14.8 Å².